The normalized spacial score (nSPS) is 14.3. The molecular formula is C19H24F3IN4OS. The van der Waals surface area contributed by atoms with Crippen LogP contribution in [0, 0.1) is 5.92 Å². The van der Waals surface area contributed by atoms with E-state index in [-0.39, 0.29) is 24.0 Å². The van der Waals surface area contributed by atoms with Crippen LogP contribution in [0.1, 0.15) is 29.1 Å². The molecule has 1 fully saturated rings. The highest BCUT2D eigenvalue weighted by molar-refractivity contribution is 14.0. The Morgan fingerprint density at radius 3 is 2.69 bits per heavy atom. The van der Waals surface area contributed by atoms with Gasteiger partial charge in [0.1, 0.15) is 5.75 Å². The van der Waals surface area contributed by atoms with Gasteiger partial charge in [0.25, 0.3) is 0 Å². The van der Waals surface area contributed by atoms with Crippen LogP contribution < -0.4 is 15.4 Å². The zero-order chi connectivity index (χ0) is 20.0. The van der Waals surface area contributed by atoms with E-state index < -0.39 is 11.9 Å². The lowest BCUT2D eigenvalue weighted by Crippen LogP contribution is -2.37. The first-order valence-electron chi connectivity index (χ1n) is 9.12. The number of hydrogen-bond donors (Lipinski definition) is 2. The molecule has 1 heterocycles. The van der Waals surface area contributed by atoms with Crippen LogP contribution in [0.2, 0.25) is 0 Å². The molecular weight excluding hydrogens is 516 g/mol. The average molecular weight is 540 g/mol. The van der Waals surface area contributed by atoms with Gasteiger partial charge in [0, 0.05) is 37.5 Å². The zero-order valence-electron chi connectivity index (χ0n) is 16.0. The molecule has 10 heteroatoms. The monoisotopic (exact) mass is 540 g/mol. The summed E-state index contributed by atoms with van der Waals surface area (Å²) in [5.41, 5.74) is 0.193. The molecule has 2 N–H and O–H groups in total. The lowest BCUT2D eigenvalue weighted by Gasteiger charge is -2.14. The zero-order valence-corrected chi connectivity index (χ0v) is 19.1. The number of alkyl halides is 3. The quantitative estimate of drug-likeness (QED) is 0.295. The Hall–Kier alpha value is -1.56. The smallest absolute Gasteiger partial charge is 0.434 e. The van der Waals surface area contributed by atoms with E-state index in [9.17, 15) is 13.2 Å². The topological polar surface area (TPSA) is 58.5 Å². The van der Waals surface area contributed by atoms with Gasteiger partial charge in [-0.3, -0.25) is 4.99 Å². The van der Waals surface area contributed by atoms with Crippen LogP contribution in [-0.4, -0.2) is 31.1 Å². The van der Waals surface area contributed by atoms with Crippen LogP contribution in [0.4, 0.5) is 13.2 Å². The number of thiazole rings is 1. The third kappa shape index (κ3) is 7.65. The number of benzene rings is 1. The van der Waals surface area contributed by atoms with Crippen molar-refractivity contribution < 1.29 is 17.9 Å². The fourth-order valence-electron chi connectivity index (χ4n) is 2.53. The summed E-state index contributed by atoms with van der Waals surface area (Å²) in [6.45, 7) is 1.72. The number of aromatic nitrogens is 1. The predicted octanol–water partition coefficient (Wildman–Crippen LogP) is 4.48. The van der Waals surface area contributed by atoms with Crippen molar-refractivity contribution in [3.8, 4) is 5.75 Å². The van der Waals surface area contributed by atoms with Crippen molar-refractivity contribution in [1.29, 1.82) is 0 Å². The number of nitrogens with one attached hydrogen (secondary N) is 2. The molecule has 1 saturated carbocycles. The summed E-state index contributed by atoms with van der Waals surface area (Å²) in [5.74, 6) is 2.11. The van der Waals surface area contributed by atoms with Crippen LogP contribution in [0.15, 0.2) is 34.6 Å². The highest BCUT2D eigenvalue weighted by Crippen LogP contribution is 2.31. The maximum absolute atomic E-state index is 12.6. The molecule has 1 aliphatic rings. The molecule has 29 heavy (non-hydrogen) atoms. The Morgan fingerprint density at radius 2 is 2.03 bits per heavy atom. The Kier molecular flexibility index (Phi) is 9.00. The van der Waals surface area contributed by atoms with Crippen LogP contribution in [0.5, 0.6) is 5.75 Å². The van der Waals surface area contributed by atoms with Gasteiger partial charge in [-0.25, -0.2) is 4.98 Å². The highest BCUT2D eigenvalue weighted by atomic mass is 127. The standard InChI is InChI=1S/C19H23F3N4OS.HI/c1-23-18(24-9-8-17-26-16(12-28-17)19(20,21)22)25-10-14-4-2-3-5-15(14)27-11-13-6-7-13;/h2-5,12-13H,6-11H2,1H3,(H2,23,24,25);1H. The Labute approximate surface area is 189 Å². The van der Waals surface area contributed by atoms with E-state index >= 15 is 0 Å². The SMILES string of the molecule is CN=C(NCCc1nc(C(F)(F)F)cs1)NCc1ccccc1OCC1CC1.I. The lowest BCUT2D eigenvalue weighted by molar-refractivity contribution is -0.140. The first kappa shape index (κ1) is 23.7. The molecule has 0 bridgehead atoms. The number of para-hydroxylation sites is 1. The fourth-order valence-corrected chi connectivity index (χ4v) is 3.33. The first-order valence-corrected chi connectivity index (χ1v) is 10.0. The summed E-state index contributed by atoms with van der Waals surface area (Å²) < 4.78 is 43.7. The summed E-state index contributed by atoms with van der Waals surface area (Å²) in [6.07, 6.45) is -1.53. The number of rotatable bonds is 8. The summed E-state index contributed by atoms with van der Waals surface area (Å²) in [6, 6.07) is 7.85. The maximum Gasteiger partial charge on any atom is 0.434 e. The minimum Gasteiger partial charge on any atom is -0.493 e. The number of nitrogens with zero attached hydrogens (tertiary/aromatic N) is 2. The largest absolute Gasteiger partial charge is 0.493 e. The van der Waals surface area contributed by atoms with E-state index in [0.29, 0.717) is 36.4 Å². The molecule has 3 rings (SSSR count). The van der Waals surface area contributed by atoms with Crippen molar-refractivity contribution in [3.05, 3.63) is 45.9 Å². The van der Waals surface area contributed by atoms with Crippen molar-refractivity contribution in [2.75, 3.05) is 20.2 Å². The van der Waals surface area contributed by atoms with Gasteiger partial charge in [-0.2, -0.15) is 13.2 Å². The second-order valence-electron chi connectivity index (χ2n) is 6.59. The van der Waals surface area contributed by atoms with Gasteiger partial charge in [0.2, 0.25) is 0 Å². The molecule has 0 radical (unpaired) electrons. The van der Waals surface area contributed by atoms with Crippen LogP contribution in [-0.2, 0) is 19.1 Å². The van der Waals surface area contributed by atoms with E-state index in [1.807, 2.05) is 24.3 Å². The molecule has 1 aliphatic carbocycles. The molecule has 0 saturated heterocycles. The number of ether oxygens (including phenoxy) is 1. The van der Waals surface area contributed by atoms with E-state index in [1.54, 1.807) is 7.05 Å². The second kappa shape index (κ2) is 11.0. The number of halogens is 4. The van der Waals surface area contributed by atoms with E-state index in [2.05, 4.69) is 20.6 Å². The molecule has 1 aromatic heterocycles. The molecule has 2 aromatic rings. The minimum absolute atomic E-state index is 0. The molecule has 0 unspecified atom stereocenters. The highest BCUT2D eigenvalue weighted by Gasteiger charge is 2.33. The van der Waals surface area contributed by atoms with E-state index in [4.69, 9.17) is 4.74 Å². The first-order chi connectivity index (χ1) is 13.5. The summed E-state index contributed by atoms with van der Waals surface area (Å²) in [4.78, 5) is 7.78. The van der Waals surface area contributed by atoms with Crippen molar-refractivity contribution in [1.82, 2.24) is 15.6 Å². The van der Waals surface area contributed by atoms with Gasteiger partial charge in [-0.05, 0) is 24.8 Å². The van der Waals surface area contributed by atoms with Crippen LogP contribution in [0.25, 0.3) is 0 Å². The van der Waals surface area contributed by atoms with Crippen molar-refractivity contribution in [3.63, 3.8) is 0 Å². The third-order valence-corrected chi connectivity index (χ3v) is 5.20. The Morgan fingerprint density at radius 1 is 1.28 bits per heavy atom. The maximum atomic E-state index is 12.6. The molecule has 0 aliphatic heterocycles. The van der Waals surface area contributed by atoms with E-state index in [1.165, 1.54) is 12.8 Å². The third-order valence-electron chi connectivity index (χ3n) is 4.29. The van der Waals surface area contributed by atoms with Gasteiger partial charge in [0.05, 0.1) is 11.6 Å². The van der Waals surface area contributed by atoms with Crippen molar-refractivity contribution in [2.24, 2.45) is 10.9 Å². The van der Waals surface area contributed by atoms with Crippen molar-refractivity contribution in [2.45, 2.75) is 32.0 Å². The minimum atomic E-state index is -4.39. The summed E-state index contributed by atoms with van der Waals surface area (Å²) >= 11 is 1.01. The summed E-state index contributed by atoms with van der Waals surface area (Å²) in [7, 11) is 1.65. The number of guanidine groups is 1. The molecule has 0 spiro atoms. The number of hydrogen-bond acceptors (Lipinski definition) is 4. The fraction of sp³-hybridized carbons (Fsp3) is 0.474. The van der Waals surface area contributed by atoms with Gasteiger partial charge in [-0.1, -0.05) is 18.2 Å². The molecule has 0 amide bonds. The van der Waals surface area contributed by atoms with Gasteiger partial charge < -0.3 is 15.4 Å². The molecule has 160 valence electrons. The number of aliphatic imine (C=N–C) groups is 1. The Balaban J connectivity index is 0.00000300. The van der Waals surface area contributed by atoms with E-state index in [0.717, 1.165) is 34.6 Å². The lowest BCUT2D eigenvalue weighted by atomic mass is 10.2. The predicted molar refractivity (Wildman–Crippen MR) is 119 cm³/mol. The molecule has 5 nitrogen and oxygen atoms in total. The van der Waals surface area contributed by atoms with Gasteiger partial charge >= 0.3 is 6.18 Å². The van der Waals surface area contributed by atoms with Crippen LogP contribution >= 0.6 is 35.3 Å². The van der Waals surface area contributed by atoms with Gasteiger partial charge in [0.15, 0.2) is 11.7 Å². The molecule has 0 atom stereocenters. The summed E-state index contributed by atoms with van der Waals surface area (Å²) in [5, 5.41) is 7.79. The Bertz CT molecular complexity index is 809. The average Bonchev–Trinajstić information content (AvgIpc) is 3.37. The molecule has 1 aromatic carbocycles. The van der Waals surface area contributed by atoms with Crippen LogP contribution in [0.3, 0.4) is 0 Å². The second-order valence-corrected chi connectivity index (χ2v) is 7.53. The van der Waals surface area contributed by atoms with Crippen molar-refractivity contribution >= 4 is 41.3 Å². The van der Waals surface area contributed by atoms with Gasteiger partial charge in [-0.15, -0.1) is 35.3 Å².